The second-order valence-corrected chi connectivity index (χ2v) is 8.41. The molecule has 2 atom stereocenters. The Labute approximate surface area is 145 Å². The maximum absolute atomic E-state index is 12.2. The summed E-state index contributed by atoms with van der Waals surface area (Å²) in [7, 11) is 1.94. The highest BCUT2D eigenvalue weighted by Gasteiger charge is 2.37. The number of nitrogens with zero attached hydrogens (tertiary/aromatic N) is 3. The zero-order valence-electron chi connectivity index (χ0n) is 16.1. The number of amides is 1. The number of aryl methyl sites for hydroxylation is 2. The van der Waals surface area contributed by atoms with Gasteiger partial charge in [0.1, 0.15) is 5.60 Å². The van der Waals surface area contributed by atoms with Crippen LogP contribution in [-0.2, 0) is 11.8 Å². The largest absolute Gasteiger partial charge is 0.444 e. The Hall–Kier alpha value is -1.56. The molecule has 24 heavy (non-hydrogen) atoms. The normalized spacial score (nSPS) is 22.7. The van der Waals surface area contributed by atoms with E-state index in [1.165, 1.54) is 5.56 Å². The first kappa shape index (κ1) is 18.8. The van der Waals surface area contributed by atoms with E-state index in [0.29, 0.717) is 0 Å². The van der Waals surface area contributed by atoms with Crippen LogP contribution in [0.5, 0.6) is 0 Å². The summed E-state index contributed by atoms with van der Waals surface area (Å²) in [5.41, 5.74) is 1.91. The van der Waals surface area contributed by atoms with Gasteiger partial charge in [-0.1, -0.05) is 6.92 Å². The molecule has 0 unspecified atom stereocenters. The minimum atomic E-state index is -0.444. The van der Waals surface area contributed by atoms with E-state index in [4.69, 9.17) is 4.74 Å². The van der Waals surface area contributed by atoms with Crippen molar-refractivity contribution in [3.8, 4) is 0 Å². The Kier molecular flexibility index (Phi) is 5.28. The van der Waals surface area contributed by atoms with Crippen molar-refractivity contribution in [2.24, 2.45) is 12.5 Å². The van der Waals surface area contributed by atoms with Crippen LogP contribution in [0.25, 0.3) is 0 Å². The third kappa shape index (κ3) is 4.72. The SMILES string of the molecule is Cc1nn(C)cc1[C@@H](C)NC[C@]1(C)CCN(C(=O)OC(C)(C)C)C1. The minimum Gasteiger partial charge on any atom is -0.444 e. The van der Waals surface area contributed by atoms with Gasteiger partial charge in [0.15, 0.2) is 0 Å². The van der Waals surface area contributed by atoms with Gasteiger partial charge in [-0.05, 0) is 46.5 Å². The Morgan fingerprint density at radius 1 is 1.50 bits per heavy atom. The number of ether oxygens (including phenoxy) is 1. The predicted octanol–water partition coefficient (Wildman–Crippen LogP) is 3.03. The van der Waals surface area contributed by atoms with Crippen LogP contribution in [0.1, 0.15) is 58.3 Å². The van der Waals surface area contributed by atoms with Crippen molar-refractivity contribution in [2.45, 2.75) is 59.6 Å². The predicted molar refractivity (Wildman–Crippen MR) is 94.9 cm³/mol. The average molecular weight is 336 g/mol. The molecule has 1 amide bonds. The topological polar surface area (TPSA) is 59.4 Å². The van der Waals surface area contributed by atoms with Gasteiger partial charge in [0.2, 0.25) is 0 Å². The Bertz CT molecular complexity index is 590. The molecular weight excluding hydrogens is 304 g/mol. The van der Waals surface area contributed by atoms with Crippen molar-refractivity contribution in [2.75, 3.05) is 19.6 Å². The summed E-state index contributed by atoms with van der Waals surface area (Å²) >= 11 is 0. The number of carbonyl (C=O) groups excluding carboxylic acids is 1. The standard InChI is InChI=1S/C18H32N4O2/c1-13(15-10-21(7)20-14(15)2)19-11-18(6)8-9-22(12-18)16(23)24-17(3,4)5/h10,13,19H,8-9,11-12H2,1-7H3/t13-,18+/m1/s1. The molecule has 1 aliphatic heterocycles. The molecule has 2 heterocycles. The molecule has 0 spiro atoms. The molecule has 6 heteroatoms. The van der Waals surface area contributed by atoms with Crippen LogP contribution in [-0.4, -0.2) is 46.0 Å². The Morgan fingerprint density at radius 3 is 2.71 bits per heavy atom. The summed E-state index contributed by atoms with van der Waals surface area (Å²) in [4.78, 5) is 14.1. The number of nitrogens with one attached hydrogen (secondary N) is 1. The summed E-state index contributed by atoms with van der Waals surface area (Å²) in [6.45, 7) is 14.5. The van der Waals surface area contributed by atoms with E-state index in [1.807, 2.05) is 44.3 Å². The molecule has 1 N–H and O–H groups in total. The van der Waals surface area contributed by atoms with Crippen LogP contribution >= 0.6 is 0 Å². The van der Waals surface area contributed by atoms with Crippen molar-refractivity contribution >= 4 is 6.09 Å². The van der Waals surface area contributed by atoms with E-state index >= 15 is 0 Å². The van der Waals surface area contributed by atoms with E-state index in [1.54, 1.807) is 0 Å². The first-order valence-electron chi connectivity index (χ1n) is 8.71. The lowest BCUT2D eigenvalue weighted by Crippen LogP contribution is -2.39. The fourth-order valence-electron chi connectivity index (χ4n) is 3.20. The molecule has 1 aromatic heterocycles. The molecule has 0 radical (unpaired) electrons. The number of aromatic nitrogens is 2. The number of hydrogen-bond acceptors (Lipinski definition) is 4. The first-order valence-corrected chi connectivity index (χ1v) is 8.71. The van der Waals surface area contributed by atoms with Crippen molar-refractivity contribution in [3.63, 3.8) is 0 Å². The molecule has 136 valence electrons. The highest BCUT2D eigenvalue weighted by Crippen LogP contribution is 2.31. The summed E-state index contributed by atoms with van der Waals surface area (Å²) in [5, 5.41) is 8.02. The number of hydrogen-bond donors (Lipinski definition) is 1. The van der Waals surface area contributed by atoms with Gasteiger partial charge in [-0.3, -0.25) is 4.68 Å². The molecule has 1 fully saturated rings. The second-order valence-electron chi connectivity index (χ2n) is 8.41. The fourth-order valence-corrected chi connectivity index (χ4v) is 3.20. The van der Waals surface area contributed by atoms with E-state index in [2.05, 4.69) is 30.5 Å². The molecule has 0 aliphatic carbocycles. The molecule has 6 nitrogen and oxygen atoms in total. The van der Waals surface area contributed by atoms with E-state index in [0.717, 1.165) is 31.7 Å². The third-order valence-electron chi connectivity index (χ3n) is 4.56. The van der Waals surface area contributed by atoms with Gasteiger partial charge in [0, 0.05) is 44.5 Å². The van der Waals surface area contributed by atoms with Crippen molar-refractivity contribution < 1.29 is 9.53 Å². The Morgan fingerprint density at radius 2 is 2.17 bits per heavy atom. The van der Waals surface area contributed by atoms with Crippen LogP contribution in [0.4, 0.5) is 4.79 Å². The lowest BCUT2D eigenvalue weighted by Gasteiger charge is -2.28. The van der Waals surface area contributed by atoms with E-state index < -0.39 is 5.60 Å². The lowest BCUT2D eigenvalue weighted by molar-refractivity contribution is 0.0275. The van der Waals surface area contributed by atoms with Gasteiger partial charge in [0.05, 0.1) is 5.69 Å². The van der Waals surface area contributed by atoms with Crippen molar-refractivity contribution in [3.05, 3.63) is 17.5 Å². The van der Waals surface area contributed by atoms with Crippen molar-refractivity contribution in [1.82, 2.24) is 20.0 Å². The van der Waals surface area contributed by atoms with Gasteiger partial charge in [-0.25, -0.2) is 4.79 Å². The highest BCUT2D eigenvalue weighted by molar-refractivity contribution is 5.68. The number of carbonyl (C=O) groups is 1. The van der Waals surface area contributed by atoms with Gasteiger partial charge >= 0.3 is 6.09 Å². The quantitative estimate of drug-likeness (QED) is 0.918. The summed E-state index contributed by atoms with van der Waals surface area (Å²) in [5.74, 6) is 0. The summed E-state index contributed by atoms with van der Waals surface area (Å²) in [6, 6.07) is 0.242. The van der Waals surface area contributed by atoms with Crippen molar-refractivity contribution in [1.29, 1.82) is 0 Å². The Balaban J connectivity index is 1.89. The molecule has 1 saturated heterocycles. The molecule has 2 rings (SSSR count). The zero-order chi connectivity index (χ0) is 18.1. The van der Waals surface area contributed by atoms with E-state index in [9.17, 15) is 4.79 Å². The van der Waals surface area contributed by atoms with E-state index in [-0.39, 0.29) is 17.6 Å². The molecule has 0 aromatic carbocycles. The summed E-state index contributed by atoms with van der Waals surface area (Å²) < 4.78 is 7.34. The van der Waals surface area contributed by atoms with Gasteiger partial charge < -0.3 is 15.0 Å². The minimum absolute atomic E-state index is 0.0707. The fraction of sp³-hybridized carbons (Fsp3) is 0.778. The van der Waals surface area contributed by atoms with Crippen LogP contribution in [0, 0.1) is 12.3 Å². The van der Waals surface area contributed by atoms with Crippen LogP contribution < -0.4 is 5.32 Å². The first-order chi connectivity index (χ1) is 11.0. The lowest BCUT2D eigenvalue weighted by atomic mass is 9.89. The molecule has 1 aliphatic rings. The maximum atomic E-state index is 12.2. The monoisotopic (exact) mass is 336 g/mol. The summed E-state index contributed by atoms with van der Waals surface area (Å²) in [6.07, 6.45) is 2.84. The number of rotatable bonds is 4. The molecule has 0 saturated carbocycles. The number of likely N-dealkylation sites (tertiary alicyclic amines) is 1. The second kappa shape index (κ2) is 6.75. The average Bonchev–Trinajstić information content (AvgIpc) is 2.98. The maximum Gasteiger partial charge on any atom is 0.410 e. The molecule has 1 aromatic rings. The van der Waals surface area contributed by atoms with Gasteiger partial charge in [0.25, 0.3) is 0 Å². The van der Waals surface area contributed by atoms with Crippen LogP contribution in [0.15, 0.2) is 6.20 Å². The van der Waals surface area contributed by atoms with Gasteiger partial charge in [-0.2, -0.15) is 5.10 Å². The smallest absolute Gasteiger partial charge is 0.410 e. The molecule has 0 bridgehead atoms. The molecular formula is C18H32N4O2. The van der Waals surface area contributed by atoms with Gasteiger partial charge in [-0.15, -0.1) is 0 Å². The van der Waals surface area contributed by atoms with Crippen LogP contribution in [0.3, 0.4) is 0 Å². The van der Waals surface area contributed by atoms with Crippen LogP contribution in [0.2, 0.25) is 0 Å². The zero-order valence-corrected chi connectivity index (χ0v) is 16.1. The highest BCUT2D eigenvalue weighted by atomic mass is 16.6. The third-order valence-corrected chi connectivity index (χ3v) is 4.56.